The van der Waals surface area contributed by atoms with Gasteiger partial charge < -0.3 is 0 Å². The van der Waals surface area contributed by atoms with Crippen LogP contribution in [-0.2, 0) is 4.79 Å². The Labute approximate surface area is 128 Å². The number of nitrogens with zero attached hydrogens (tertiary/aromatic N) is 2. The van der Waals surface area contributed by atoms with Gasteiger partial charge in [0.05, 0.1) is 5.75 Å². The summed E-state index contributed by atoms with van der Waals surface area (Å²) < 4.78 is 1.04. The molecule has 0 radical (unpaired) electrons. The molecule has 1 heterocycles. The molecule has 0 saturated carbocycles. The van der Waals surface area contributed by atoms with Gasteiger partial charge in [0, 0.05) is 9.37 Å². The number of amides is 1. The van der Waals surface area contributed by atoms with Crippen LogP contribution >= 0.6 is 39.0 Å². The van der Waals surface area contributed by atoms with E-state index in [0.29, 0.717) is 10.9 Å². The summed E-state index contributed by atoms with van der Waals surface area (Å²) in [6.07, 6.45) is 0. The van der Waals surface area contributed by atoms with Crippen LogP contribution in [0.1, 0.15) is 10.6 Å². The van der Waals surface area contributed by atoms with Crippen molar-refractivity contribution < 1.29 is 4.79 Å². The Morgan fingerprint density at radius 2 is 2.21 bits per heavy atom. The molecule has 2 aromatic rings. The maximum Gasteiger partial charge on any atom is 0.236 e. The SMILES string of the molecule is Cc1nnc(NC(=O)CSc2ccc(Br)cc2C)s1. The molecule has 0 unspecified atom stereocenters. The Morgan fingerprint density at radius 3 is 2.84 bits per heavy atom. The minimum absolute atomic E-state index is 0.0662. The molecule has 0 aliphatic heterocycles. The summed E-state index contributed by atoms with van der Waals surface area (Å²) >= 11 is 6.31. The largest absolute Gasteiger partial charge is 0.300 e. The van der Waals surface area contributed by atoms with Gasteiger partial charge in [0.2, 0.25) is 11.0 Å². The van der Waals surface area contributed by atoms with Gasteiger partial charge in [-0.1, -0.05) is 27.3 Å². The zero-order valence-corrected chi connectivity index (χ0v) is 13.7. The van der Waals surface area contributed by atoms with Gasteiger partial charge >= 0.3 is 0 Å². The summed E-state index contributed by atoms with van der Waals surface area (Å²) in [4.78, 5) is 12.9. The van der Waals surface area contributed by atoms with E-state index in [2.05, 4.69) is 31.4 Å². The maximum absolute atomic E-state index is 11.8. The first-order chi connectivity index (χ1) is 9.04. The lowest BCUT2D eigenvalue weighted by molar-refractivity contribution is -0.113. The van der Waals surface area contributed by atoms with Crippen molar-refractivity contribution in [2.45, 2.75) is 18.7 Å². The van der Waals surface area contributed by atoms with Crippen LogP contribution in [0.15, 0.2) is 27.6 Å². The number of thioether (sulfide) groups is 1. The van der Waals surface area contributed by atoms with E-state index in [0.717, 1.165) is 19.9 Å². The summed E-state index contributed by atoms with van der Waals surface area (Å²) in [5, 5.41) is 11.8. The van der Waals surface area contributed by atoms with Gasteiger partial charge in [0.25, 0.3) is 0 Å². The number of rotatable bonds is 4. The van der Waals surface area contributed by atoms with Crippen molar-refractivity contribution in [3.05, 3.63) is 33.2 Å². The number of hydrogen-bond donors (Lipinski definition) is 1. The third-order valence-electron chi connectivity index (χ3n) is 2.27. The molecule has 0 aliphatic carbocycles. The second kappa shape index (κ2) is 6.49. The van der Waals surface area contributed by atoms with Gasteiger partial charge in [-0.3, -0.25) is 10.1 Å². The van der Waals surface area contributed by atoms with Crippen LogP contribution < -0.4 is 5.32 Å². The van der Waals surface area contributed by atoms with Crippen molar-refractivity contribution in [2.75, 3.05) is 11.1 Å². The molecule has 0 spiro atoms. The lowest BCUT2D eigenvalue weighted by atomic mass is 10.2. The molecule has 0 saturated heterocycles. The number of carbonyl (C=O) groups excluding carboxylic acids is 1. The Morgan fingerprint density at radius 1 is 1.42 bits per heavy atom. The fourth-order valence-corrected chi connectivity index (χ4v) is 3.31. The first-order valence-corrected chi connectivity index (χ1v) is 8.13. The normalized spacial score (nSPS) is 10.5. The van der Waals surface area contributed by atoms with E-state index in [1.165, 1.54) is 23.1 Å². The minimum atomic E-state index is -0.0662. The standard InChI is InChI=1S/C12H12BrN3OS2/c1-7-5-9(13)3-4-10(7)18-6-11(17)14-12-16-15-8(2)19-12/h3-5H,6H2,1-2H3,(H,14,16,17). The molecule has 2 rings (SSSR count). The number of anilines is 1. The average molecular weight is 358 g/mol. The van der Waals surface area contributed by atoms with E-state index in [9.17, 15) is 4.79 Å². The van der Waals surface area contributed by atoms with Gasteiger partial charge in [0.15, 0.2) is 0 Å². The van der Waals surface area contributed by atoms with E-state index >= 15 is 0 Å². The number of hydrogen-bond acceptors (Lipinski definition) is 5. The molecule has 0 atom stereocenters. The van der Waals surface area contributed by atoms with Crippen molar-refractivity contribution in [3.63, 3.8) is 0 Å². The summed E-state index contributed by atoms with van der Waals surface area (Å²) in [6.45, 7) is 3.88. The number of halogens is 1. The molecule has 19 heavy (non-hydrogen) atoms. The molecule has 1 aromatic carbocycles. The molecule has 4 nitrogen and oxygen atoms in total. The van der Waals surface area contributed by atoms with Crippen molar-refractivity contribution in [2.24, 2.45) is 0 Å². The van der Waals surface area contributed by atoms with Gasteiger partial charge in [0.1, 0.15) is 5.01 Å². The zero-order chi connectivity index (χ0) is 13.8. The molecular formula is C12H12BrN3OS2. The van der Waals surface area contributed by atoms with Crippen molar-refractivity contribution in [3.8, 4) is 0 Å². The number of aromatic nitrogens is 2. The monoisotopic (exact) mass is 357 g/mol. The summed E-state index contributed by atoms with van der Waals surface area (Å²) in [5.74, 6) is 0.296. The number of benzene rings is 1. The number of nitrogens with one attached hydrogen (secondary N) is 1. The van der Waals surface area contributed by atoms with Crippen LogP contribution in [0, 0.1) is 13.8 Å². The molecule has 1 amide bonds. The first-order valence-electron chi connectivity index (χ1n) is 5.53. The topological polar surface area (TPSA) is 54.9 Å². The highest BCUT2D eigenvalue weighted by Crippen LogP contribution is 2.25. The highest BCUT2D eigenvalue weighted by atomic mass is 79.9. The number of aryl methyl sites for hydroxylation is 2. The van der Waals surface area contributed by atoms with Crippen LogP contribution in [0.2, 0.25) is 0 Å². The van der Waals surface area contributed by atoms with Crippen LogP contribution in [0.4, 0.5) is 5.13 Å². The van der Waals surface area contributed by atoms with Gasteiger partial charge in [-0.2, -0.15) is 0 Å². The van der Waals surface area contributed by atoms with Gasteiger partial charge in [-0.25, -0.2) is 0 Å². The molecule has 7 heteroatoms. The Hall–Kier alpha value is -0.920. The summed E-state index contributed by atoms with van der Waals surface area (Å²) in [6, 6.07) is 6.02. The molecule has 0 aliphatic rings. The fourth-order valence-electron chi connectivity index (χ4n) is 1.42. The predicted octanol–water partition coefficient (Wildman–Crippen LogP) is 3.65. The zero-order valence-electron chi connectivity index (χ0n) is 10.4. The average Bonchev–Trinajstić information content (AvgIpc) is 2.73. The molecule has 0 bridgehead atoms. The van der Waals surface area contributed by atoms with Crippen LogP contribution in [-0.4, -0.2) is 21.9 Å². The maximum atomic E-state index is 11.8. The van der Waals surface area contributed by atoms with Crippen LogP contribution in [0.25, 0.3) is 0 Å². The summed E-state index contributed by atoms with van der Waals surface area (Å²) in [7, 11) is 0. The Bertz CT molecular complexity index is 600. The number of carbonyl (C=O) groups is 1. The second-order valence-corrected chi connectivity index (χ2v) is 6.99. The summed E-state index contributed by atoms with van der Waals surface area (Å²) in [5.41, 5.74) is 1.15. The van der Waals surface area contributed by atoms with Crippen molar-refractivity contribution in [1.29, 1.82) is 0 Å². The second-order valence-electron chi connectivity index (χ2n) is 3.87. The molecule has 1 aromatic heterocycles. The minimum Gasteiger partial charge on any atom is -0.300 e. The van der Waals surface area contributed by atoms with Crippen LogP contribution in [0.5, 0.6) is 0 Å². The smallest absolute Gasteiger partial charge is 0.236 e. The van der Waals surface area contributed by atoms with E-state index in [-0.39, 0.29) is 5.91 Å². The van der Waals surface area contributed by atoms with E-state index in [4.69, 9.17) is 0 Å². The van der Waals surface area contributed by atoms with Gasteiger partial charge in [-0.05, 0) is 37.6 Å². The van der Waals surface area contributed by atoms with E-state index in [1.807, 2.05) is 32.0 Å². The van der Waals surface area contributed by atoms with E-state index in [1.54, 1.807) is 0 Å². The fraction of sp³-hybridized carbons (Fsp3) is 0.250. The predicted molar refractivity (Wildman–Crippen MR) is 82.9 cm³/mol. The van der Waals surface area contributed by atoms with E-state index < -0.39 is 0 Å². The molecular weight excluding hydrogens is 346 g/mol. The Balaban J connectivity index is 1.89. The highest BCUT2D eigenvalue weighted by molar-refractivity contribution is 9.10. The van der Waals surface area contributed by atoms with Crippen molar-refractivity contribution >= 4 is 50.1 Å². The molecule has 100 valence electrons. The lowest BCUT2D eigenvalue weighted by Gasteiger charge is -2.05. The first kappa shape index (κ1) is 14.5. The quantitative estimate of drug-likeness (QED) is 0.848. The van der Waals surface area contributed by atoms with Crippen molar-refractivity contribution in [1.82, 2.24) is 10.2 Å². The highest BCUT2D eigenvalue weighted by Gasteiger charge is 2.08. The molecule has 0 fully saturated rings. The van der Waals surface area contributed by atoms with Crippen LogP contribution in [0.3, 0.4) is 0 Å². The molecule has 1 N–H and O–H groups in total. The third kappa shape index (κ3) is 4.29. The lowest BCUT2D eigenvalue weighted by Crippen LogP contribution is -2.13. The van der Waals surface area contributed by atoms with Gasteiger partial charge in [-0.15, -0.1) is 22.0 Å². The Kier molecular flexibility index (Phi) is 4.95. The third-order valence-corrected chi connectivity index (χ3v) is 4.69.